The van der Waals surface area contributed by atoms with E-state index in [4.69, 9.17) is 16.3 Å². The maximum atomic E-state index is 13.0. The second-order valence-corrected chi connectivity index (χ2v) is 9.77. The standard InChI is InChI=1S/C22H25ClN2O5S/c1-16-5-8-18(13-20(16)31(28,29)25-11-3-2-4-12-25)22(27)30-15-21(26)24-14-17-6-9-19(23)10-7-17/h5-10,13H,2-4,11-12,14-15H2,1H3,(H,24,26). The van der Waals surface area contributed by atoms with E-state index in [2.05, 4.69) is 5.32 Å². The molecule has 0 spiro atoms. The summed E-state index contributed by atoms with van der Waals surface area (Å²) in [5, 5.41) is 3.25. The lowest BCUT2D eigenvalue weighted by molar-refractivity contribution is -0.124. The quantitative estimate of drug-likeness (QED) is 0.634. The number of carbonyl (C=O) groups excluding carboxylic acids is 2. The van der Waals surface area contributed by atoms with Gasteiger partial charge in [-0.05, 0) is 55.2 Å². The average Bonchev–Trinajstić information content (AvgIpc) is 2.78. The van der Waals surface area contributed by atoms with E-state index in [1.54, 1.807) is 37.3 Å². The summed E-state index contributed by atoms with van der Waals surface area (Å²) in [4.78, 5) is 24.5. The van der Waals surface area contributed by atoms with Crippen molar-refractivity contribution in [1.82, 2.24) is 9.62 Å². The highest BCUT2D eigenvalue weighted by atomic mass is 35.5. The summed E-state index contributed by atoms with van der Waals surface area (Å²) in [6, 6.07) is 11.4. The van der Waals surface area contributed by atoms with Crippen LogP contribution < -0.4 is 5.32 Å². The van der Waals surface area contributed by atoms with E-state index in [0.717, 1.165) is 24.8 Å². The zero-order valence-electron chi connectivity index (χ0n) is 17.3. The third kappa shape index (κ3) is 6.06. The molecule has 0 aromatic heterocycles. The number of carbonyl (C=O) groups is 2. The van der Waals surface area contributed by atoms with Crippen molar-refractivity contribution in [3.8, 4) is 0 Å². The number of sulfonamides is 1. The average molecular weight is 465 g/mol. The van der Waals surface area contributed by atoms with Crippen LogP contribution in [0, 0.1) is 6.92 Å². The molecule has 0 saturated carbocycles. The minimum atomic E-state index is -3.69. The summed E-state index contributed by atoms with van der Waals surface area (Å²) in [5.41, 5.74) is 1.50. The molecule has 2 aromatic carbocycles. The molecule has 7 nitrogen and oxygen atoms in total. The first-order valence-corrected chi connectivity index (χ1v) is 11.9. The molecule has 1 amide bonds. The van der Waals surface area contributed by atoms with Crippen molar-refractivity contribution in [2.45, 2.75) is 37.6 Å². The Morgan fingerprint density at radius 2 is 1.74 bits per heavy atom. The van der Waals surface area contributed by atoms with Gasteiger partial charge in [-0.3, -0.25) is 4.79 Å². The number of amides is 1. The highest BCUT2D eigenvalue weighted by Gasteiger charge is 2.28. The number of esters is 1. The smallest absolute Gasteiger partial charge is 0.338 e. The Morgan fingerprint density at radius 3 is 2.42 bits per heavy atom. The maximum absolute atomic E-state index is 13.0. The van der Waals surface area contributed by atoms with Crippen LogP contribution in [0.4, 0.5) is 0 Å². The van der Waals surface area contributed by atoms with Crippen LogP contribution in [0.15, 0.2) is 47.4 Å². The minimum Gasteiger partial charge on any atom is -0.452 e. The molecule has 1 fully saturated rings. The molecule has 2 aromatic rings. The van der Waals surface area contributed by atoms with E-state index < -0.39 is 28.5 Å². The first kappa shape index (κ1) is 23.2. The van der Waals surface area contributed by atoms with Crippen LogP contribution >= 0.6 is 11.6 Å². The molecule has 1 aliphatic rings. The molecule has 1 N–H and O–H groups in total. The van der Waals surface area contributed by atoms with Crippen LogP contribution in [0.3, 0.4) is 0 Å². The minimum absolute atomic E-state index is 0.0895. The largest absolute Gasteiger partial charge is 0.452 e. The van der Waals surface area contributed by atoms with Crippen molar-refractivity contribution in [2.75, 3.05) is 19.7 Å². The number of benzene rings is 2. The fourth-order valence-corrected chi connectivity index (χ4v) is 5.21. The molecule has 0 unspecified atom stereocenters. The van der Waals surface area contributed by atoms with Gasteiger partial charge in [0.15, 0.2) is 6.61 Å². The summed E-state index contributed by atoms with van der Waals surface area (Å²) in [7, 11) is -3.69. The fraction of sp³-hybridized carbons (Fsp3) is 0.364. The van der Waals surface area contributed by atoms with Crippen molar-refractivity contribution in [1.29, 1.82) is 0 Å². The number of rotatable bonds is 7. The van der Waals surface area contributed by atoms with Gasteiger partial charge in [0, 0.05) is 24.7 Å². The number of halogens is 1. The summed E-state index contributed by atoms with van der Waals surface area (Å²) in [6.45, 7) is 2.45. The third-order valence-corrected chi connectivity index (χ3v) is 7.39. The van der Waals surface area contributed by atoms with Crippen molar-refractivity contribution < 1.29 is 22.7 Å². The molecule has 31 heavy (non-hydrogen) atoms. The normalized spacial score (nSPS) is 14.8. The molecule has 0 aliphatic carbocycles. The van der Waals surface area contributed by atoms with E-state index in [0.29, 0.717) is 23.7 Å². The van der Waals surface area contributed by atoms with Crippen molar-refractivity contribution in [3.63, 3.8) is 0 Å². The topological polar surface area (TPSA) is 92.8 Å². The zero-order chi connectivity index (χ0) is 22.4. The monoisotopic (exact) mass is 464 g/mol. The van der Waals surface area contributed by atoms with E-state index >= 15 is 0 Å². The van der Waals surface area contributed by atoms with E-state index in [9.17, 15) is 18.0 Å². The van der Waals surface area contributed by atoms with Crippen molar-refractivity contribution in [2.24, 2.45) is 0 Å². The van der Waals surface area contributed by atoms with Crippen molar-refractivity contribution >= 4 is 33.5 Å². The van der Waals surface area contributed by atoms with Crippen LogP contribution in [0.5, 0.6) is 0 Å². The van der Waals surface area contributed by atoms with Crippen LogP contribution in [0.2, 0.25) is 5.02 Å². The first-order valence-electron chi connectivity index (χ1n) is 10.1. The van der Waals surface area contributed by atoms with Crippen LogP contribution in [-0.4, -0.2) is 44.3 Å². The lowest BCUT2D eigenvalue weighted by atomic mass is 10.1. The van der Waals surface area contributed by atoms with Gasteiger partial charge in [-0.25, -0.2) is 13.2 Å². The predicted octanol–water partition coefficient (Wildman–Crippen LogP) is 3.30. The van der Waals surface area contributed by atoms with Crippen molar-refractivity contribution in [3.05, 3.63) is 64.2 Å². The molecule has 1 heterocycles. The van der Waals surface area contributed by atoms with E-state index in [1.807, 2.05) is 0 Å². The van der Waals surface area contributed by atoms with E-state index in [-0.39, 0.29) is 17.0 Å². The molecule has 9 heteroatoms. The van der Waals surface area contributed by atoms with Gasteiger partial charge in [-0.2, -0.15) is 4.31 Å². The molecule has 3 rings (SSSR count). The Balaban J connectivity index is 1.60. The highest BCUT2D eigenvalue weighted by molar-refractivity contribution is 7.89. The molecule has 166 valence electrons. The molecule has 0 bridgehead atoms. The molecule has 0 atom stereocenters. The summed E-state index contributed by atoms with van der Waals surface area (Å²) in [6.07, 6.45) is 2.66. The van der Waals surface area contributed by atoms with Gasteiger partial charge in [0.1, 0.15) is 0 Å². The lowest BCUT2D eigenvalue weighted by Crippen LogP contribution is -2.36. The number of aryl methyl sites for hydroxylation is 1. The molecular formula is C22H25ClN2O5S. The molecular weight excluding hydrogens is 440 g/mol. The van der Waals surface area contributed by atoms with Gasteiger partial charge < -0.3 is 10.1 Å². The van der Waals surface area contributed by atoms with Crippen LogP contribution in [0.25, 0.3) is 0 Å². The third-order valence-electron chi connectivity index (χ3n) is 5.09. The number of nitrogens with one attached hydrogen (secondary N) is 1. The number of ether oxygens (including phenoxy) is 1. The maximum Gasteiger partial charge on any atom is 0.338 e. The number of hydrogen-bond donors (Lipinski definition) is 1. The highest BCUT2D eigenvalue weighted by Crippen LogP contribution is 2.24. The molecule has 1 aliphatic heterocycles. The Hall–Kier alpha value is -2.42. The number of nitrogens with zero attached hydrogens (tertiary/aromatic N) is 1. The SMILES string of the molecule is Cc1ccc(C(=O)OCC(=O)NCc2ccc(Cl)cc2)cc1S(=O)(=O)N1CCCCC1. The molecule has 1 saturated heterocycles. The van der Waals surface area contributed by atoms with Gasteiger partial charge >= 0.3 is 5.97 Å². The number of piperidine rings is 1. The van der Waals surface area contributed by atoms with Crippen LogP contribution in [0.1, 0.15) is 40.7 Å². The predicted molar refractivity (Wildman–Crippen MR) is 117 cm³/mol. The van der Waals surface area contributed by atoms with Gasteiger partial charge in [0.25, 0.3) is 5.91 Å². The van der Waals surface area contributed by atoms with Gasteiger partial charge in [-0.15, -0.1) is 0 Å². The second kappa shape index (κ2) is 10.3. The van der Waals surface area contributed by atoms with Crippen LogP contribution in [-0.2, 0) is 26.1 Å². The first-order chi connectivity index (χ1) is 14.8. The Kier molecular flexibility index (Phi) is 7.69. The summed E-state index contributed by atoms with van der Waals surface area (Å²) in [5.74, 6) is -1.21. The summed E-state index contributed by atoms with van der Waals surface area (Å²) < 4.78 is 32.5. The fourth-order valence-electron chi connectivity index (χ4n) is 3.32. The Bertz CT molecular complexity index is 1050. The Labute approximate surface area is 187 Å². The number of hydrogen-bond acceptors (Lipinski definition) is 5. The summed E-state index contributed by atoms with van der Waals surface area (Å²) >= 11 is 5.83. The Morgan fingerprint density at radius 1 is 1.06 bits per heavy atom. The molecule has 0 radical (unpaired) electrons. The van der Waals surface area contributed by atoms with Gasteiger partial charge in [0.05, 0.1) is 10.5 Å². The second-order valence-electron chi connectivity index (χ2n) is 7.42. The zero-order valence-corrected chi connectivity index (χ0v) is 18.8. The van der Waals surface area contributed by atoms with Gasteiger partial charge in [0.2, 0.25) is 10.0 Å². The lowest BCUT2D eigenvalue weighted by Gasteiger charge is -2.26. The van der Waals surface area contributed by atoms with E-state index in [1.165, 1.54) is 16.4 Å². The van der Waals surface area contributed by atoms with Gasteiger partial charge in [-0.1, -0.05) is 36.2 Å².